The molecule has 1 saturated heterocycles. The second-order valence-corrected chi connectivity index (χ2v) is 12.6. The molecule has 3 rings (SSSR count). The van der Waals surface area contributed by atoms with Crippen LogP contribution in [0.25, 0.3) is 0 Å². The van der Waals surface area contributed by atoms with Gasteiger partial charge in [0.2, 0.25) is 29.5 Å². The van der Waals surface area contributed by atoms with Crippen LogP contribution in [0, 0.1) is 5.92 Å². The summed E-state index contributed by atoms with van der Waals surface area (Å²) in [5.74, 6) is -2.12. The third kappa shape index (κ3) is 10.0. The van der Waals surface area contributed by atoms with Gasteiger partial charge in [0.1, 0.15) is 23.9 Å². The number of piperazine rings is 1. The quantitative estimate of drug-likeness (QED) is 0.191. The van der Waals surface area contributed by atoms with E-state index in [2.05, 4.69) is 21.3 Å². The van der Waals surface area contributed by atoms with Gasteiger partial charge in [0.05, 0.1) is 18.1 Å². The number of phenols is 1. The highest BCUT2D eigenvalue weighted by atomic mass is 16.3. The molecule has 244 valence electrons. The van der Waals surface area contributed by atoms with Crippen molar-refractivity contribution < 1.29 is 29.1 Å². The van der Waals surface area contributed by atoms with Crippen molar-refractivity contribution in [3.05, 3.63) is 65.7 Å². The van der Waals surface area contributed by atoms with Gasteiger partial charge in [-0.05, 0) is 62.8 Å². The van der Waals surface area contributed by atoms with Crippen LogP contribution in [0.3, 0.4) is 0 Å². The summed E-state index contributed by atoms with van der Waals surface area (Å²) in [6, 6.07) is 11.9. The molecule has 0 saturated carbocycles. The Kier molecular flexibility index (Phi) is 12.1. The van der Waals surface area contributed by atoms with Crippen LogP contribution in [0.4, 0.5) is 0 Å². The summed E-state index contributed by atoms with van der Waals surface area (Å²) in [7, 11) is 0. The third-order valence-corrected chi connectivity index (χ3v) is 7.71. The predicted molar refractivity (Wildman–Crippen MR) is 170 cm³/mol. The minimum Gasteiger partial charge on any atom is -0.508 e. The number of phenolic OH excluding ortho intramolecular Hbond substituents is 1. The van der Waals surface area contributed by atoms with Crippen molar-refractivity contribution in [1.29, 1.82) is 0 Å². The molecule has 7 N–H and O–H groups in total. The van der Waals surface area contributed by atoms with Crippen LogP contribution < -0.4 is 27.0 Å². The summed E-state index contributed by atoms with van der Waals surface area (Å²) in [6.07, 6.45) is 0.853. The van der Waals surface area contributed by atoms with Crippen LogP contribution in [0.1, 0.15) is 52.2 Å². The number of benzene rings is 2. The lowest BCUT2D eigenvalue weighted by molar-refractivity contribution is -0.154. The number of aromatic hydroxyl groups is 1. The third-order valence-electron chi connectivity index (χ3n) is 7.71. The molecule has 1 unspecified atom stereocenters. The van der Waals surface area contributed by atoms with E-state index in [1.54, 1.807) is 17.0 Å². The number of nitrogens with two attached hydrogens (primary N) is 1. The summed E-state index contributed by atoms with van der Waals surface area (Å²) in [5.41, 5.74) is 6.86. The second-order valence-electron chi connectivity index (χ2n) is 12.6. The molecule has 1 heterocycles. The zero-order valence-corrected chi connectivity index (χ0v) is 26.6. The van der Waals surface area contributed by atoms with Crippen molar-refractivity contribution >= 4 is 29.5 Å². The largest absolute Gasteiger partial charge is 0.508 e. The number of hydrogen-bond acceptors (Lipinski definition) is 7. The molecule has 1 fully saturated rings. The van der Waals surface area contributed by atoms with Crippen molar-refractivity contribution in [2.45, 2.75) is 83.6 Å². The molecule has 0 aromatic heterocycles. The first-order valence-electron chi connectivity index (χ1n) is 15.2. The van der Waals surface area contributed by atoms with E-state index in [4.69, 9.17) is 5.73 Å². The fraction of sp³-hybridized carbons (Fsp3) is 0.485. The summed E-state index contributed by atoms with van der Waals surface area (Å²) in [5, 5.41) is 20.2. The standard InChI is InChI=1S/C33H46N6O6/c1-20(2)15-27-31(44)36-19-33(4,5)39(27)32(45)26(17-22-9-7-6-8-10-22)38-28(41)18-35-29(42)21(3)37-30(43)25(34)16-23-11-13-24(40)14-12-23/h6-14,20-21,25-27,40H,15-19,34H2,1-5H3,(H,35,42)(H,36,44)(H,37,43)(H,38,41)/t21-,25+,26+,27?/m1/s1. The van der Waals surface area contributed by atoms with Crippen LogP contribution in [0.15, 0.2) is 54.6 Å². The van der Waals surface area contributed by atoms with Gasteiger partial charge >= 0.3 is 0 Å². The highest BCUT2D eigenvalue weighted by Crippen LogP contribution is 2.27. The molecule has 0 aliphatic carbocycles. The Bertz CT molecular complexity index is 1350. The maximum atomic E-state index is 14.1. The first-order chi connectivity index (χ1) is 21.2. The van der Waals surface area contributed by atoms with Gasteiger partial charge in [-0.1, -0.05) is 56.3 Å². The number of nitrogens with zero attached hydrogens (tertiary/aromatic N) is 1. The molecule has 1 aliphatic rings. The summed E-state index contributed by atoms with van der Waals surface area (Å²) >= 11 is 0. The lowest BCUT2D eigenvalue weighted by atomic mass is 9.89. The van der Waals surface area contributed by atoms with E-state index in [9.17, 15) is 29.1 Å². The molecule has 12 nitrogen and oxygen atoms in total. The van der Waals surface area contributed by atoms with Gasteiger partial charge in [0, 0.05) is 13.0 Å². The van der Waals surface area contributed by atoms with Gasteiger partial charge in [-0.3, -0.25) is 24.0 Å². The zero-order chi connectivity index (χ0) is 33.3. The molecule has 45 heavy (non-hydrogen) atoms. The smallest absolute Gasteiger partial charge is 0.246 e. The molecular formula is C33H46N6O6. The second kappa shape index (κ2) is 15.5. The average molecular weight is 623 g/mol. The average Bonchev–Trinajstić information content (AvgIpc) is 2.98. The zero-order valence-electron chi connectivity index (χ0n) is 26.6. The van der Waals surface area contributed by atoms with Crippen LogP contribution in [-0.4, -0.2) is 82.3 Å². The van der Waals surface area contributed by atoms with E-state index in [0.717, 1.165) is 11.1 Å². The Hall–Kier alpha value is -4.45. The van der Waals surface area contributed by atoms with E-state index in [-0.39, 0.29) is 42.9 Å². The Morgan fingerprint density at radius 2 is 1.58 bits per heavy atom. The molecule has 4 atom stereocenters. The van der Waals surface area contributed by atoms with E-state index < -0.39 is 54.0 Å². The lowest BCUT2D eigenvalue weighted by Crippen LogP contribution is -2.70. The number of hydrogen-bond donors (Lipinski definition) is 6. The van der Waals surface area contributed by atoms with E-state index in [1.807, 2.05) is 58.0 Å². The predicted octanol–water partition coefficient (Wildman–Crippen LogP) is 0.762. The first-order valence-corrected chi connectivity index (χ1v) is 15.2. The van der Waals surface area contributed by atoms with Gasteiger partial charge in [-0.25, -0.2) is 0 Å². The topological polar surface area (TPSA) is 183 Å². The van der Waals surface area contributed by atoms with Crippen molar-refractivity contribution in [3.8, 4) is 5.75 Å². The summed E-state index contributed by atoms with van der Waals surface area (Å²) in [4.78, 5) is 67.0. The van der Waals surface area contributed by atoms with Crippen LogP contribution >= 0.6 is 0 Å². The van der Waals surface area contributed by atoms with Gasteiger partial charge in [-0.15, -0.1) is 0 Å². The fourth-order valence-electron chi connectivity index (χ4n) is 5.30. The minimum atomic E-state index is -0.994. The normalized spacial score (nSPS) is 17.9. The van der Waals surface area contributed by atoms with Crippen LogP contribution in [-0.2, 0) is 36.8 Å². The van der Waals surface area contributed by atoms with E-state index in [1.165, 1.54) is 19.1 Å². The highest BCUT2D eigenvalue weighted by molar-refractivity contribution is 5.95. The van der Waals surface area contributed by atoms with Crippen LogP contribution in [0.2, 0.25) is 0 Å². The summed E-state index contributed by atoms with van der Waals surface area (Å²) in [6.45, 7) is 9.04. The van der Waals surface area contributed by atoms with Crippen molar-refractivity contribution in [1.82, 2.24) is 26.2 Å². The molecule has 2 aromatic carbocycles. The molecule has 0 bridgehead atoms. The number of carbonyl (C=O) groups excluding carboxylic acids is 5. The molecule has 1 aliphatic heterocycles. The Morgan fingerprint density at radius 3 is 2.20 bits per heavy atom. The highest BCUT2D eigenvalue weighted by Gasteiger charge is 2.46. The van der Waals surface area contributed by atoms with Crippen LogP contribution in [0.5, 0.6) is 5.75 Å². The van der Waals surface area contributed by atoms with Crippen molar-refractivity contribution in [3.63, 3.8) is 0 Å². The van der Waals surface area contributed by atoms with Crippen molar-refractivity contribution in [2.75, 3.05) is 13.1 Å². The lowest BCUT2D eigenvalue weighted by Gasteiger charge is -2.48. The maximum Gasteiger partial charge on any atom is 0.246 e. The van der Waals surface area contributed by atoms with Gasteiger partial charge in [0.15, 0.2) is 0 Å². The fourth-order valence-corrected chi connectivity index (χ4v) is 5.30. The molecular weight excluding hydrogens is 576 g/mol. The van der Waals surface area contributed by atoms with Gasteiger partial charge < -0.3 is 37.0 Å². The monoisotopic (exact) mass is 622 g/mol. The first kappa shape index (κ1) is 35.0. The van der Waals surface area contributed by atoms with Crippen molar-refractivity contribution in [2.24, 2.45) is 11.7 Å². The molecule has 12 heteroatoms. The molecule has 2 aromatic rings. The Morgan fingerprint density at radius 1 is 0.956 bits per heavy atom. The number of rotatable bonds is 13. The van der Waals surface area contributed by atoms with Gasteiger partial charge in [0.25, 0.3) is 0 Å². The SMILES string of the molecule is CC(C)CC1C(=O)NCC(C)(C)N1C(=O)[C@H](Cc1ccccc1)NC(=O)CNC(=O)[C@@H](C)NC(=O)[C@@H](N)Cc1ccc(O)cc1. The molecule has 0 radical (unpaired) electrons. The maximum absolute atomic E-state index is 14.1. The number of carbonyl (C=O) groups is 5. The van der Waals surface area contributed by atoms with E-state index in [0.29, 0.717) is 6.42 Å². The summed E-state index contributed by atoms with van der Waals surface area (Å²) < 4.78 is 0. The Balaban J connectivity index is 1.65. The van der Waals surface area contributed by atoms with E-state index >= 15 is 0 Å². The Labute approximate surface area is 264 Å². The number of amides is 5. The van der Waals surface area contributed by atoms with Gasteiger partial charge in [-0.2, -0.15) is 0 Å². The number of nitrogens with one attached hydrogen (secondary N) is 4. The molecule has 5 amide bonds. The molecule has 0 spiro atoms. The minimum absolute atomic E-state index is 0.0971.